The maximum absolute atomic E-state index is 6.30. The normalized spacial score (nSPS) is 12.1. The summed E-state index contributed by atoms with van der Waals surface area (Å²) in [5.74, 6) is 0.628. The fraction of sp³-hybridized carbons (Fsp3) is 0.148. The number of nitrogens with zero attached hydrogens (tertiary/aromatic N) is 1. The summed E-state index contributed by atoms with van der Waals surface area (Å²) in [7, 11) is 0. The first-order valence-electron chi connectivity index (χ1n) is 10.4. The zero-order valence-corrected chi connectivity index (χ0v) is 17.8. The summed E-state index contributed by atoms with van der Waals surface area (Å²) in [4.78, 5) is 4.83. The lowest BCUT2D eigenvalue weighted by Crippen LogP contribution is -1.93. The molecule has 6 rings (SSSR count). The first-order valence-corrected chi connectivity index (χ1v) is 11.2. The molecule has 0 N–H and O–H groups in total. The molecule has 2 nitrogen and oxygen atoms in total. The van der Waals surface area contributed by atoms with Crippen LogP contribution in [0.15, 0.2) is 77.3 Å². The molecule has 0 saturated carbocycles. The molecule has 0 spiro atoms. The van der Waals surface area contributed by atoms with Crippen molar-refractivity contribution < 1.29 is 4.42 Å². The number of para-hydroxylation sites is 2. The molecule has 0 aliphatic carbocycles. The Balaban J connectivity index is 1.67. The van der Waals surface area contributed by atoms with Crippen LogP contribution in [0.3, 0.4) is 0 Å². The summed E-state index contributed by atoms with van der Waals surface area (Å²) in [6, 6.07) is 23.5. The van der Waals surface area contributed by atoms with Crippen LogP contribution in [0, 0.1) is 5.92 Å². The Morgan fingerprint density at radius 1 is 0.800 bits per heavy atom. The monoisotopic (exact) mass is 407 g/mol. The summed E-state index contributed by atoms with van der Waals surface area (Å²) in [6.07, 6.45) is 3.02. The number of benzene rings is 3. The van der Waals surface area contributed by atoms with Crippen LogP contribution < -0.4 is 0 Å². The fourth-order valence-corrected chi connectivity index (χ4v) is 5.83. The number of hydrogen-bond acceptors (Lipinski definition) is 3. The molecule has 0 saturated heterocycles. The average molecular weight is 408 g/mol. The minimum atomic E-state index is 0.628. The molecule has 0 radical (unpaired) electrons. The van der Waals surface area contributed by atoms with E-state index in [1.807, 2.05) is 29.7 Å². The number of pyridine rings is 1. The Kier molecular flexibility index (Phi) is 3.93. The lowest BCUT2D eigenvalue weighted by Gasteiger charge is -2.05. The summed E-state index contributed by atoms with van der Waals surface area (Å²) in [5.41, 5.74) is 5.33. The molecule has 0 bridgehead atoms. The first-order chi connectivity index (χ1) is 14.7. The van der Waals surface area contributed by atoms with Gasteiger partial charge in [-0.1, -0.05) is 62.4 Å². The number of hydrogen-bond donors (Lipinski definition) is 0. The molecule has 30 heavy (non-hydrogen) atoms. The second kappa shape index (κ2) is 6.68. The van der Waals surface area contributed by atoms with Crippen molar-refractivity contribution in [2.24, 2.45) is 5.92 Å². The second-order valence-corrected chi connectivity index (χ2v) is 9.33. The maximum Gasteiger partial charge on any atom is 0.144 e. The molecule has 0 unspecified atom stereocenters. The van der Waals surface area contributed by atoms with Gasteiger partial charge in [0.2, 0.25) is 0 Å². The van der Waals surface area contributed by atoms with Crippen LogP contribution in [0.1, 0.15) is 19.4 Å². The lowest BCUT2D eigenvalue weighted by molar-refractivity contribution is 0.650. The molecule has 0 atom stereocenters. The molecule has 0 aliphatic rings. The first kappa shape index (κ1) is 17.7. The van der Waals surface area contributed by atoms with Crippen LogP contribution in [0.2, 0.25) is 0 Å². The Hall–Kier alpha value is -3.17. The Labute approximate surface area is 178 Å². The molecule has 0 amide bonds. The molecule has 3 aromatic heterocycles. The lowest BCUT2D eigenvalue weighted by atomic mass is 10.0. The highest BCUT2D eigenvalue weighted by Gasteiger charge is 2.18. The van der Waals surface area contributed by atoms with Gasteiger partial charge >= 0.3 is 0 Å². The van der Waals surface area contributed by atoms with Crippen LogP contribution in [0.25, 0.3) is 53.4 Å². The second-order valence-electron chi connectivity index (χ2n) is 8.31. The summed E-state index contributed by atoms with van der Waals surface area (Å²) in [5, 5.41) is 4.90. The van der Waals surface area contributed by atoms with E-state index in [0.29, 0.717) is 5.92 Å². The van der Waals surface area contributed by atoms with E-state index in [9.17, 15) is 0 Å². The average Bonchev–Trinajstić information content (AvgIpc) is 3.32. The smallest absolute Gasteiger partial charge is 0.144 e. The predicted octanol–water partition coefficient (Wildman–Crippen LogP) is 8.21. The van der Waals surface area contributed by atoms with Crippen molar-refractivity contribution in [2.75, 3.05) is 0 Å². The van der Waals surface area contributed by atoms with Crippen LogP contribution >= 0.6 is 11.3 Å². The topological polar surface area (TPSA) is 26.0 Å². The molecule has 6 aromatic rings. The van der Waals surface area contributed by atoms with Gasteiger partial charge < -0.3 is 4.42 Å². The third-order valence-corrected chi connectivity index (χ3v) is 7.09. The molecule has 146 valence electrons. The maximum atomic E-state index is 6.30. The fourth-order valence-electron chi connectivity index (χ4n) is 4.51. The van der Waals surface area contributed by atoms with Gasteiger partial charge in [-0.25, -0.2) is 0 Å². The van der Waals surface area contributed by atoms with Gasteiger partial charge in [-0.2, -0.15) is 0 Å². The third kappa shape index (κ3) is 2.59. The van der Waals surface area contributed by atoms with Gasteiger partial charge in [-0.05, 0) is 36.1 Å². The van der Waals surface area contributed by atoms with E-state index in [1.54, 1.807) is 0 Å². The van der Waals surface area contributed by atoms with Gasteiger partial charge in [0.1, 0.15) is 11.2 Å². The molecule has 3 heteroatoms. The highest BCUT2D eigenvalue weighted by atomic mass is 32.1. The van der Waals surface area contributed by atoms with Crippen LogP contribution in [-0.4, -0.2) is 4.98 Å². The Morgan fingerprint density at radius 3 is 2.47 bits per heavy atom. The van der Waals surface area contributed by atoms with E-state index in [1.165, 1.54) is 25.7 Å². The molecule has 0 fully saturated rings. The SMILES string of the molecule is CC(C)Cc1cccc2c1sc1c(-c3cccc4c3oc3ccccc34)nccc12. The van der Waals surface area contributed by atoms with E-state index in [4.69, 9.17) is 9.40 Å². The third-order valence-electron chi connectivity index (χ3n) is 5.78. The van der Waals surface area contributed by atoms with Gasteiger partial charge in [-0.3, -0.25) is 4.98 Å². The van der Waals surface area contributed by atoms with Gasteiger partial charge in [0.05, 0.1) is 10.4 Å². The largest absolute Gasteiger partial charge is 0.455 e. The van der Waals surface area contributed by atoms with Crippen molar-refractivity contribution in [1.29, 1.82) is 0 Å². The predicted molar refractivity (Wildman–Crippen MR) is 128 cm³/mol. The zero-order chi connectivity index (χ0) is 20.2. The van der Waals surface area contributed by atoms with Gasteiger partial charge in [0.25, 0.3) is 0 Å². The number of furan rings is 1. The highest BCUT2D eigenvalue weighted by Crippen LogP contribution is 2.43. The number of rotatable bonds is 3. The quantitative estimate of drug-likeness (QED) is 0.295. The van der Waals surface area contributed by atoms with E-state index < -0.39 is 0 Å². The van der Waals surface area contributed by atoms with Crippen molar-refractivity contribution in [3.8, 4) is 11.3 Å². The van der Waals surface area contributed by atoms with Gasteiger partial charge in [0.15, 0.2) is 0 Å². The minimum Gasteiger partial charge on any atom is -0.455 e. The molecular formula is C27H21NOS. The number of aromatic nitrogens is 1. The molecule has 3 aromatic carbocycles. The van der Waals surface area contributed by atoms with Gasteiger partial charge in [0, 0.05) is 38.0 Å². The number of fused-ring (bicyclic) bond motifs is 6. The van der Waals surface area contributed by atoms with Crippen LogP contribution in [0.4, 0.5) is 0 Å². The summed E-state index contributed by atoms with van der Waals surface area (Å²) >= 11 is 1.86. The minimum absolute atomic E-state index is 0.628. The Bertz CT molecular complexity index is 1550. The van der Waals surface area contributed by atoms with Crippen molar-refractivity contribution in [1.82, 2.24) is 4.98 Å². The highest BCUT2D eigenvalue weighted by molar-refractivity contribution is 7.26. The van der Waals surface area contributed by atoms with Crippen molar-refractivity contribution >= 4 is 53.4 Å². The van der Waals surface area contributed by atoms with Crippen LogP contribution in [0.5, 0.6) is 0 Å². The summed E-state index contributed by atoms with van der Waals surface area (Å²) in [6.45, 7) is 4.56. The van der Waals surface area contributed by atoms with Crippen LogP contribution in [-0.2, 0) is 6.42 Å². The molecular weight excluding hydrogens is 386 g/mol. The van der Waals surface area contributed by atoms with E-state index in [0.717, 1.165) is 39.6 Å². The Morgan fingerprint density at radius 2 is 1.57 bits per heavy atom. The summed E-state index contributed by atoms with van der Waals surface area (Å²) < 4.78 is 8.92. The zero-order valence-electron chi connectivity index (χ0n) is 17.0. The van der Waals surface area contributed by atoms with Crippen molar-refractivity contribution in [3.63, 3.8) is 0 Å². The molecule has 3 heterocycles. The van der Waals surface area contributed by atoms with Crippen molar-refractivity contribution in [3.05, 3.63) is 78.5 Å². The van der Waals surface area contributed by atoms with E-state index in [-0.39, 0.29) is 0 Å². The number of thiophene rings is 1. The van der Waals surface area contributed by atoms with Crippen molar-refractivity contribution in [2.45, 2.75) is 20.3 Å². The molecule has 0 aliphatic heterocycles. The van der Waals surface area contributed by atoms with E-state index in [2.05, 4.69) is 68.4 Å². The standard InChI is InChI=1S/C27H21NOS/c1-16(2)15-17-7-5-10-20-21-13-14-28-24(27(21)30-26(17)20)22-11-6-9-19-18-8-3-4-12-23(18)29-25(19)22/h3-14,16H,15H2,1-2H3. The van der Waals surface area contributed by atoms with Gasteiger partial charge in [-0.15, -0.1) is 11.3 Å². The van der Waals surface area contributed by atoms with E-state index >= 15 is 0 Å².